The van der Waals surface area contributed by atoms with E-state index in [1.165, 1.54) is 0 Å². The Hall–Kier alpha value is -1.97. The number of ketones is 1. The summed E-state index contributed by atoms with van der Waals surface area (Å²) in [5.41, 5.74) is -0.285. The zero-order valence-corrected chi connectivity index (χ0v) is 19.7. The largest absolute Gasteiger partial charge is 0.377 e. The Morgan fingerprint density at radius 1 is 0.600 bits per heavy atom. The smallest absolute Gasteiger partial charge is 0.205 e. The van der Waals surface area contributed by atoms with Crippen LogP contribution in [0.3, 0.4) is 0 Å². The number of hydrogen-bond acceptors (Lipinski definition) is 3. The number of carbonyl (C=O) groups excluding carboxylic acids is 1. The molecular weight excluding hydrogens is 372 g/mol. The maximum absolute atomic E-state index is 13.9. The molecule has 2 aromatic rings. The monoisotopic (exact) mass is 410 g/mol. The molecule has 2 unspecified atom stereocenters. The first-order valence-corrected chi connectivity index (χ1v) is 11.1. The Labute approximate surface area is 182 Å². The van der Waals surface area contributed by atoms with Crippen LogP contribution in [0.25, 0.3) is 0 Å². The fraction of sp³-hybridized carbons (Fsp3) is 0.519. The van der Waals surface area contributed by atoms with Gasteiger partial charge in [0.2, 0.25) is 5.78 Å². The van der Waals surface area contributed by atoms with Crippen LogP contribution in [-0.4, -0.2) is 16.0 Å². The quantitative estimate of drug-likeness (QED) is 0.570. The first-order chi connectivity index (χ1) is 13.9. The molecule has 164 valence electrons. The van der Waals surface area contributed by atoms with Gasteiger partial charge in [-0.05, 0) is 45.9 Å². The van der Waals surface area contributed by atoms with Crippen LogP contribution in [0.15, 0.2) is 48.5 Å². The van der Waals surface area contributed by atoms with Gasteiger partial charge < -0.3 is 10.2 Å². The molecule has 0 bridgehead atoms. The fourth-order valence-electron chi connectivity index (χ4n) is 3.99. The third kappa shape index (κ3) is 4.24. The molecule has 0 saturated carbocycles. The average molecular weight is 411 g/mol. The summed E-state index contributed by atoms with van der Waals surface area (Å²) in [4.78, 5) is 13.9. The van der Waals surface area contributed by atoms with Gasteiger partial charge in [-0.3, -0.25) is 4.79 Å². The molecule has 0 fully saturated rings. The number of benzene rings is 2. The summed E-state index contributed by atoms with van der Waals surface area (Å²) >= 11 is 0. The minimum Gasteiger partial charge on any atom is -0.377 e. The van der Waals surface area contributed by atoms with Gasteiger partial charge in [-0.1, -0.05) is 104 Å². The normalized spacial score (nSPS) is 16.2. The highest BCUT2D eigenvalue weighted by atomic mass is 16.3. The molecule has 0 saturated heterocycles. The molecule has 3 nitrogen and oxygen atoms in total. The predicted molar refractivity (Wildman–Crippen MR) is 124 cm³/mol. The van der Waals surface area contributed by atoms with Crippen LogP contribution in [-0.2, 0) is 16.0 Å². The second-order valence-electron chi connectivity index (χ2n) is 9.72. The van der Waals surface area contributed by atoms with Gasteiger partial charge in [-0.15, -0.1) is 0 Å². The molecule has 2 rings (SSSR count). The second kappa shape index (κ2) is 9.03. The van der Waals surface area contributed by atoms with Crippen molar-refractivity contribution in [2.24, 2.45) is 11.8 Å². The molecule has 2 aromatic carbocycles. The number of Topliss-reactive ketones (excluding diaryl/α,β-unsaturated/α-hetero) is 1. The summed E-state index contributed by atoms with van der Waals surface area (Å²) < 4.78 is 0. The average Bonchev–Trinajstić information content (AvgIpc) is 2.71. The summed E-state index contributed by atoms with van der Waals surface area (Å²) in [6.45, 7) is 15.7. The van der Waals surface area contributed by atoms with E-state index in [4.69, 9.17) is 0 Å². The summed E-state index contributed by atoms with van der Waals surface area (Å²) in [6.07, 6.45) is 0. The standard InChI is InChI=1S/C27H38O3/c1-17(2)21-9-13-23(14-10-21)26(29,19(5)6)25(28)27(30,20(7)8)24-15-11-22(12-16-24)18(3)4/h9-20,29-30H,1-8H3. The van der Waals surface area contributed by atoms with Gasteiger partial charge in [0.1, 0.15) is 0 Å². The van der Waals surface area contributed by atoms with Crippen LogP contribution < -0.4 is 0 Å². The molecule has 30 heavy (non-hydrogen) atoms. The van der Waals surface area contributed by atoms with Crippen molar-refractivity contribution in [2.75, 3.05) is 0 Å². The van der Waals surface area contributed by atoms with Crippen molar-refractivity contribution < 1.29 is 15.0 Å². The maximum atomic E-state index is 13.9. The van der Waals surface area contributed by atoms with Crippen LogP contribution in [0.5, 0.6) is 0 Å². The van der Waals surface area contributed by atoms with Gasteiger partial charge in [-0.2, -0.15) is 0 Å². The van der Waals surface area contributed by atoms with Crippen molar-refractivity contribution in [2.45, 2.75) is 78.4 Å². The Kier molecular flexibility index (Phi) is 7.32. The van der Waals surface area contributed by atoms with Crippen molar-refractivity contribution >= 4 is 5.78 Å². The minimum absolute atomic E-state index is 0.356. The maximum Gasteiger partial charge on any atom is 0.205 e. The van der Waals surface area contributed by atoms with Crippen molar-refractivity contribution in [3.05, 3.63) is 70.8 Å². The van der Waals surface area contributed by atoms with Crippen LogP contribution in [0.2, 0.25) is 0 Å². The molecular formula is C27H38O3. The van der Waals surface area contributed by atoms with Crippen LogP contribution in [0.4, 0.5) is 0 Å². The van der Waals surface area contributed by atoms with E-state index in [0.717, 1.165) is 11.1 Å². The van der Waals surface area contributed by atoms with Crippen molar-refractivity contribution in [1.82, 2.24) is 0 Å². The zero-order chi connectivity index (χ0) is 22.9. The molecule has 0 spiro atoms. The topological polar surface area (TPSA) is 57.5 Å². The Morgan fingerprint density at radius 3 is 1.07 bits per heavy atom. The molecule has 0 aromatic heterocycles. The number of aliphatic hydroxyl groups is 2. The SMILES string of the molecule is CC(C)c1ccc(C(O)(C(=O)C(O)(c2ccc(C(C)C)cc2)C(C)C)C(C)C)cc1. The van der Waals surface area contributed by atoms with Gasteiger partial charge in [0.05, 0.1) is 0 Å². The lowest BCUT2D eigenvalue weighted by Gasteiger charge is -2.41. The van der Waals surface area contributed by atoms with E-state index in [9.17, 15) is 15.0 Å². The number of hydrogen-bond donors (Lipinski definition) is 2. The highest BCUT2D eigenvalue weighted by Gasteiger charge is 2.53. The summed E-state index contributed by atoms with van der Waals surface area (Å²) in [5, 5.41) is 23.5. The molecule has 3 heteroatoms. The van der Waals surface area contributed by atoms with E-state index >= 15 is 0 Å². The highest BCUT2D eigenvalue weighted by molar-refractivity contribution is 5.96. The summed E-state index contributed by atoms with van der Waals surface area (Å²) in [5.74, 6) is -0.678. The number of rotatable bonds is 8. The van der Waals surface area contributed by atoms with E-state index in [2.05, 4.69) is 27.7 Å². The fourth-order valence-corrected chi connectivity index (χ4v) is 3.99. The Bertz CT molecular complexity index is 775. The van der Waals surface area contributed by atoms with Crippen molar-refractivity contribution in [1.29, 1.82) is 0 Å². The molecule has 0 aliphatic heterocycles. The molecule has 0 radical (unpaired) electrons. The van der Waals surface area contributed by atoms with Gasteiger partial charge in [0.25, 0.3) is 0 Å². The predicted octanol–water partition coefficient (Wildman–Crippen LogP) is 5.89. The van der Waals surface area contributed by atoms with Crippen molar-refractivity contribution in [3.8, 4) is 0 Å². The van der Waals surface area contributed by atoms with Crippen LogP contribution in [0, 0.1) is 11.8 Å². The van der Waals surface area contributed by atoms with Gasteiger partial charge >= 0.3 is 0 Å². The minimum atomic E-state index is -1.80. The lowest BCUT2D eigenvalue weighted by Crippen LogP contribution is -2.54. The Balaban J connectivity index is 2.60. The van der Waals surface area contributed by atoms with Crippen molar-refractivity contribution in [3.63, 3.8) is 0 Å². The van der Waals surface area contributed by atoms with E-state index < -0.39 is 28.8 Å². The van der Waals surface area contributed by atoms with Crippen LogP contribution >= 0.6 is 0 Å². The van der Waals surface area contributed by atoms with E-state index in [-0.39, 0.29) is 0 Å². The number of carbonyl (C=O) groups is 1. The second-order valence-corrected chi connectivity index (χ2v) is 9.72. The Morgan fingerprint density at radius 2 is 0.867 bits per heavy atom. The third-order valence-corrected chi connectivity index (χ3v) is 6.40. The molecule has 2 atom stereocenters. The van der Waals surface area contributed by atoms with E-state index in [0.29, 0.717) is 23.0 Å². The lowest BCUT2D eigenvalue weighted by atomic mass is 9.68. The van der Waals surface area contributed by atoms with Gasteiger partial charge in [0, 0.05) is 0 Å². The van der Waals surface area contributed by atoms with E-state index in [1.807, 2.05) is 76.2 Å². The van der Waals surface area contributed by atoms with E-state index in [1.54, 1.807) is 0 Å². The van der Waals surface area contributed by atoms with Gasteiger partial charge in [0.15, 0.2) is 11.2 Å². The molecule has 0 aliphatic carbocycles. The molecule has 2 N–H and O–H groups in total. The summed E-state index contributed by atoms with van der Waals surface area (Å²) in [7, 11) is 0. The van der Waals surface area contributed by atoms with Gasteiger partial charge in [-0.25, -0.2) is 0 Å². The highest BCUT2D eigenvalue weighted by Crippen LogP contribution is 2.42. The summed E-state index contributed by atoms with van der Waals surface area (Å²) in [6, 6.07) is 15.1. The molecule has 0 amide bonds. The first-order valence-electron chi connectivity index (χ1n) is 11.1. The lowest BCUT2D eigenvalue weighted by molar-refractivity contribution is -0.170. The molecule has 0 aliphatic rings. The molecule has 0 heterocycles. The zero-order valence-electron chi connectivity index (χ0n) is 19.7. The third-order valence-electron chi connectivity index (χ3n) is 6.40. The van der Waals surface area contributed by atoms with Crippen LogP contribution in [0.1, 0.15) is 89.5 Å². The first kappa shape index (κ1) is 24.3.